The highest BCUT2D eigenvalue weighted by Crippen LogP contribution is 2.33. The number of aromatic nitrogens is 1. The van der Waals surface area contributed by atoms with E-state index in [1.807, 2.05) is 47.5 Å². The van der Waals surface area contributed by atoms with E-state index in [1.165, 1.54) is 6.26 Å². The Morgan fingerprint density at radius 3 is 2.09 bits per heavy atom. The van der Waals surface area contributed by atoms with Gasteiger partial charge in [0.1, 0.15) is 0 Å². The van der Waals surface area contributed by atoms with E-state index in [0.29, 0.717) is 24.5 Å². The molecule has 2 aliphatic heterocycles. The van der Waals surface area contributed by atoms with Gasteiger partial charge in [0.15, 0.2) is 21.3 Å². The Balaban J connectivity index is 0.000000730. The maximum Gasteiger partial charge on any atom is 0.490 e. The molecule has 1 fully saturated rings. The predicted molar refractivity (Wildman–Crippen MR) is 195 cm³/mol. The van der Waals surface area contributed by atoms with Crippen molar-refractivity contribution in [1.29, 1.82) is 0 Å². The SMILES string of the molecule is CN1CCC(C(=O)N(Cc2ccc(-c3ccc(CNCCc4ccc(S(C)(=O)=O)cc4)cn3)cc2)Cc2ccc3c(c2)OCO3)CC1.O=C(O)C(F)(F)F. The number of aliphatic carboxylic acids is 1. The molecule has 0 unspecified atom stereocenters. The number of nitrogens with one attached hydrogen (secondary N) is 1. The summed E-state index contributed by atoms with van der Waals surface area (Å²) in [5, 5.41) is 10.6. The highest BCUT2D eigenvalue weighted by molar-refractivity contribution is 7.90. The normalized spacial score (nSPS) is 14.6. The van der Waals surface area contributed by atoms with E-state index in [0.717, 1.165) is 83.9 Å². The monoisotopic (exact) mass is 768 g/mol. The topological polar surface area (TPSA) is 138 Å². The van der Waals surface area contributed by atoms with Gasteiger partial charge in [0.2, 0.25) is 12.7 Å². The Bertz CT molecular complexity index is 1980. The van der Waals surface area contributed by atoms with Gasteiger partial charge in [0.05, 0.1) is 10.6 Å². The van der Waals surface area contributed by atoms with Crippen molar-refractivity contribution in [2.75, 3.05) is 39.7 Å². The van der Waals surface area contributed by atoms with Gasteiger partial charge in [0.25, 0.3) is 0 Å². The van der Waals surface area contributed by atoms with Gasteiger partial charge in [-0.25, -0.2) is 13.2 Å². The third-order valence-electron chi connectivity index (χ3n) is 9.15. The van der Waals surface area contributed by atoms with Crippen molar-refractivity contribution in [3.05, 3.63) is 107 Å². The summed E-state index contributed by atoms with van der Waals surface area (Å²) in [7, 11) is -1.07. The van der Waals surface area contributed by atoms with Gasteiger partial charge >= 0.3 is 12.1 Å². The van der Waals surface area contributed by atoms with Crippen molar-refractivity contribution in [3.63, 3.8) is 0 Å². The van der Waals surface area contributed by atoms with Crippen LogP contribution in [0.15, 0.2) is 90.0 Å². The molecule has 0 radical (unpaired) electrons. The highest BCUT2D eigenvalue weighted by Gasteiger charge is 2.38. The zero-order valence-electron chi connectivity index (χ0n) is 30.0. The van der Waals surface area contributed by atoms with Crippen LogP contribution in [0, 0.1) is 5.92 Å². The molecule has 2 N–H and O–H groups in total. The zero-order chi connectivity index (χ0) is 38.9. The van der Waals surface area contributed by atoms with Crippen LogP contribution in [0.1, 0.15) is 35.1 Å². The zero-order valence-corrected chi connectivity index (χ0v) is 30.8. The number of hydrogen-bond acceptors (Lipinski definition) is 9. The number of carboxylic acids is 1. The Morgan fingerprint density at radius 1 is 0.889 bits per heavy atom. The molecule has 0 saturated carbocycles. The number of alkyl halides is 3. The second kappa shape index (κ2) is 17.9. The summed E-state index contributed by atoms with van der Waals surface area (Å²) in [6.45, 7) is 4.61. The maximum atomic E-state index is 13.8. The Hall–Kier alpha value is -4.99. The Morgan fingerprint density at radius 2 is 1.48 bits per heavy atom. The van der Waals surface area contributed by atoms with Crippen molar-refractivity contribution >= 4 is 21.7 Å². The third-order valence-corrected chi connectivity index (χ3v) is 10.3. The molecule has 15 heteroatoms. The van der Waals surface area contributed by atoms with Gasteiger partial charge in [-0.2, -0.15) is 13.2 Å². The lowest BCUT2D eigenvalue weighted by Crippen LogP contribution is -2.41. The number of likely N-dealkylation sites (tertiary alicyclic amines) is 1. The molecule has 54 heavy (non-hydrogen) atoms. The minimum absolute atomic E-state index is 0.0326. The summed E-state index contributed by atoms with van der Waals surface area (Å²) in [6.07, 6.45) is 0.593. The van der Waals surface area contributed by atoms with Crippen LogP contribution in [0.4, 0.5) is 13.2 Å². The number of hydrogen-bond donors (Lipinski definition) is 2. The molecular weight excluding hydrogens is 726 g/mol. The second-order valence-electron chi connectivity index (χ2n) is 13.4. The molecule has 6 rings (SSSR count). The highest BCUT2D eigenvalue weighted by atomic mass is 32.2. The fourth-order valence-corrected chi connectivity index (χ4v) is 6.69. The van der Waals surface area contributed by atoms with E-state index in [9.17, 15) is 26.4 Å². The summed E-state index contributed by atoms with van der Waals surface area (Å²) < 4.78 is 66.1. The lowest BCUT2D eigenvalue weighted by Gasteiger charge is -2.32. The van der Waals surface area contributed by atoms with Gasteiger partial charge in [-0.1, -0.05) is 48.5 Å². The molecule has 4 aromatic rings. The molecule has 0 spiro atoms. The number of amides is 1. The number of ether oxygens (including phenoxy) is 2. The first-order valence-corrected chi connectivity index (χ1v) is 19.2. The lowest BCUT2D eigenvalue weighted by molar-refractivity contribution is -0.192. The molecule has 1 amide bonds. The van der Waals surface area contributed by atoms with Crippen molar-refractivity contribution in [1.82, 2.24) is 20.1 Å². The summed E-state index contributed by atoms with van der Waals surface area (Å²) in [5.74, 6) is -1.05. The van der Waals surface area contributed by atoms with E-state index >= 15 is 0 Å². The quantitative estimate of drug-likeness (QED) is 0.172. The minimum Gasteiger partial charge on any atom is -0.475 e. The molecule has 3 heterocycles. The summed E-state index contributed by atoms with van der Waals surface area (Å²) in [4.78, 5) is 32.0. The van der Waals surface area contributed by atoms with Gasteiger partial charge in [-0.15, -0.1) is 0 Å². The van der Waals surface area contributed by atoms with E-state index in [2.05, 4.69) is 47.6 Å². The van der Waals surface area contributed by atoms with Crippen LogP contribution < -0.4 is 14.8 Å². The summed E-state index contributed by atoms with van der Waals surface area (Å²) in [6, 6.07) is 25.4. The van der Waals surface area contributed by atoms with Crippen LogP contribution in [0.2, 0.25) is 0 Å². The van der Waals surface area contributed by atoms with Crippen LogP contribution >= 0.6 is 0 Å². The number of carbonyl (C=O) groups is 2. The number of benzene rings is 3. The number of pyridine rings is 1. The fourth-order valence-electron chi connectivity index (χ4n) is 6.06. The number of rotatable bonds is 12. The molecule has 2 aliphatic rings. The summed E-state index contributed by atoms with van der Waals surface area (Å²) in [5.41, 5.74) is 6.19. The van der Waals surface area contributed by atoms with E-state index < -0.39 is 22.0 Å². The Kier molecular flexibility index (Phi) is 13.3. The van der Waals surface area contributed by atoms with Crippen LogP contribution in [-0.2, 0) is 45.5 Å². The van der Waals surface area contributed by atoms with Crippen LogP contribution in [0.25, 0.3) is 11.3 Å². The molecule has 3 aromatic carbocycles. The fraction of sp³-hybridized carbons (Fsp3) is 0.359. The number of carboxylic acid groups (broad SMARTS) is 1. The molecule has 0 aliphatic carbocycles. The van der Waals surface area contributed by atoms with E-state index in [-0.39, 0.29) is 18.6 Å². The smallest absolute Gasteiger partial charge is 0.475 e. The van der Waals surface area contributed by atoms with Crippen molar-refractivity contribution < 1.29 is 45.8 Å². The number of carbonyl (C=O) groups excluding carboxylic acids is 1. The predicted octanol–water partition coefficient (Wildman–Crippen LogP) is 5.72. The number of halogens is 3. The number of nitrogens with zero attached hydrogens (tertiary/aromatic N) is 3. The van der Waals surface area contributed by atoms with Gasteiger partial charge in [0, 0.05) is 43.6 Å². The molecule has 288 valence electrons. The first kappa shape index (κ1) is 40.2. The third kappa shape index (κ3) is 11.5. The first-order chi connectivity index (χ1) is 25.7. The molecule has 0 atom stereocenters. The van der Waals surface area contributed by atoms with Crippen molar-refractivity contribution in [3.8, 4) is 22.8 Å². The standard InChI is InChI=1S/C37H42N4O5S.C2HF3O2/c1-40-19-16-32(17-20-40)37(42)41(25-29-8-14-35-36(21-29)46-26-45-35)24-28-3-9-31(10-4-28)34-13-7-30(23-39-34)22-38-18-15-27-5-11-33(12-6-27)47(2,43)44;3-2(4,5)1(6)7/h3-14,21,23,32,38H,15-20,22,24-26H2,1-2H3;(H,6,7). The molecule has 1 aromatic heterocycles. The van der Waals surface area contributed by atoms with Crippen molar-refractivity contribution in [2.24, 2.45) is 5.92 Å². The van der Waals surface area contributed by atoms with Crippen molar-refractivity contribution in [2.45, 2.75) is 50.0 Å². The lowest BCUT2D eigenvalue weighted by atomic mass is 9.95. The van der Waals surface area contributed by atoms with Gasteiger partial charge in [-0.3, -0.25) is 9.78 Å². The van der Waals surface area contributed by atoms with Crippen LogP contribution in [0.5, 0.6) is 11.5 Å². The largest absolute Gasteiger partial charge is 0.490 e. The average molecular weight is 769 g/mol. The Labute approximate surface area is 312 Å². The molecule has 11 nitrogen and oxygen atoms in total. The molecule has 1 saturated heterocycles. The first-order valence-electron chi connectivity index (χ1n) is 17.4. The summed E-state index contributed by atoms with van der Waals surface area (Å²) >= 11 is 0. The number of fused-ring (bicyclic) bond motifs is 1. The van der Waals surface area contributed by atoms with Crippen LogP contribution in [0.3, 0.4) is 0 Å². The second-order valence-corrected chi connectivity index (χ2v) is 15.4. The van der Waals surface area contributed by atoms with Gasteiger partial charge < -0.3 is 29.7 Å². The maximum absolute atomic E-state index is 13.8. The minimum atomic E-state index is -5.08. The number of sulfone groups is 1. The molecular formula is C39H43F3N4O7S. The van der Waals surface area contributed by atoms with E-state index in [4.69, 9.17) is 24.4 Å². The van der Waals surface area contributed by atoms with Crippen LogP contribution in [-0.4, -0.2) is 86.1 Å². The number of piperidine rings is 1. The average Bonchev–Trinajstić information content (AvgIpc) is 3.62. The van der Waals surface area contributed by atoms with E-state index in [1.54, 1.807) is 12.1 Å². The van der Waals surface area contributed by atoms with Gasteiger partial charge in [-0.05, 0) is 98.5 Å². The molecule has 0 bridgehead atoms.